The molecule has 0 aromatic heterocycles. The molecule has 0 spiro atoms. The van der Waals surface area contributed by atoms with Gasteiger partial charge in [-0.15, -0.1) is 24.0 Å². The lowest BCUT2D eigenvalue weighted by atomic mass is 10.2. The quantitative estimate of drug-likeness (QED) is 0.323. The van der Waals surface area contributed by atoms with Gasteiger partial charge in [0.05, 0.1) is 27.3 Å². The van der Waals surface area contributed by atoms with E-state index in [9.17, 15) is 4.79 Å². The zero-order valence-electron chi connectivity index (χ0n) is 17.3. The van der Waals surface area contributed by atoms with Crippen molar-refractivity contribution in [1.82, 2.24) is 15.5 Å². The van der Waals surface area contributed by atoms with Crippen molar-refractivity contribution in [3.8, 4) is 11.5 Å². The average Bonchev–Trinajstić information content (AvgIpc) is 2.73. The van der Waals surface area contributed by atoms with Gasteiger partial charge in [-0.25, -0.2) is 4.99 Å². The second kappa shape index (κ2) is 12.9. The van der Waals surface area contributed by atoms with Crippen molar-refractivity contribution in [2.75, 3.05) is 34.9 Å². The number of likely N-dealkylation sites (N-methyl/N-ethyl adjacent to an activating group) is 1. The second-order valence-corrected chi connectivity index (χ2v) is 6.32. The normalized spacial score (nSPS) is 10.6. The van der Waals surface area contributed by atoms with Crippen LogP contribution in [0.5, 0.6) is 11.5 Å². The molecule has 0 saturated carbocycles. The Hall–Kier alpha value is -2.49. The zero-order chi connectivity index (χ0) is 20.4. The molecular weight excluding hydrogens is 483 g/mol. The molecule has 0 saturated heterocycles. The standard InChI is InChI=1S/C21H28N4O3.HI/c1-25(2)20(26)15-24-21(22-13-16-8-6-5-7-9-16)23-14-17-10-11-18(27-3)12-19(17)28-4;/h5-12H,13-15H2,1-4H3,(H2,22,23,24);1H. The molecule has 29 heavy (non-hydrogen) atoms. The summed E-state index contributed by atoms with van der Waals surface area (Å²) in [4.78, 5) is 18.0. The maximum Gasteiger partial charge on any atom is 0.241 e. The number of aliphatic imine (C=N–C) groups is 1. The van der Waals surface area contributed by atoms with Gasteiger partial charge in [0.1, 0.15) is 11.5 Å². The molecular formula is C21H29IN4O3. The molecule has 0 bridgehead atoms. The number of hydrogen-bond donors (Lipinski definition) is 2. The molecule has 0 atom stereocenters. The second-order valence-electron chi connectivity index (χ2n) is 6.32. The topological polar surface area (TPSA) is 75.2 Å². The zero-order valence-corrected chi connectivity index (χ0v) is 19.6. The molecule has 158 valence electrons. The number of carbonyl (C=O) groups excluding carboxylic acids is 1. The Bertz CT molecular complexity index is 798. The first-order chi connectivity index (χ1) is 13.5. The Morgan fingerprint density at radius 3 is 2.38 bits per heavy atom. The lowest BCUT2D eigenvalue weighted by Crippen LogP contribution is -2.42. The number of rotatable bonds is 8. The molecule has 2 N–H and O–H groups in total. The molecule has 7 nitrogen and oxygen atoms in total. The third-order valence-electron chi connectivity index (χ3n) is 4.11. The summed E-state index contributed by atoms with van der Waals surface area (Å²) in [6.07, 6.45) is 0. The molecule has 0 aliphatic rings. The van der Waals surface area contributed by atoms with Crippen LogP contribution in [0.2, 0.25) is 0 Å². The number of benzene rings is 2. The Kier molecular flexibility index (Phi) is 10.9. The highest BCUT2D eigenvalue weighted by molar-refractivity contribution is 14.0. The van der Waals surface area contributed by atoms with Crippen molar-refractivity contribution in [2.45, 2.75) is 13.1 Å². The first kappa shape index (κ1) is 24.5. The molecule has 0 heterocycles. The van der Waals surface area contributed by atoms with Crippen molar-refractivity contribution in [3.05, 3.63) is 59.7 Å². The first-order valence-electron chi connectivity index (χ1n) is 9.00. The van der Waals surface area contributed by atoms with Gasteiger partial charge < -0.3 is 25.0 Å². The van der Waals surface area contributed by atoms with Crippen LogP contribution in [0.3, 0.4) is 0 Å². The summed E-state index contributed by atoms with van der Waals surface area (Å²) in [7, 11) is 6.68. The monoisotopic (exact) mass is 512 g/mol. The average molecular weight is 512 g/mol. The number of amides is 1. The maximum atomic E-state index is 11.9. The number of carbonyl (C=O) groups is 1. The first-order valence-corrected chi connectivity index (χ1v) is 9.00. The number of ether oxygens (including phenoxy) is 2. The number of hydrogen-bond acceptors (Lipinski definition) is 4. The molecule has 2 aromatic rings. The van der Waals surface area contributed by atoms with Crippen LogP contribution in [-0.2, 0) is 17.9 Å². The third kappa shape index (κ3) is 8.18. The van der Waals surface area contributed by atoms with E-state index < -0.39 is 0 Å². The molecule has 0 radical (unpaired) electrons. The molecule has 0 aliphatic carbocycles. The molecule has 0 fully saturated rings. The van der Waals surface area contributed by atoms with Crippen LogP contribution in [0.4, 0.5) is 0 Å². The SMILES string of the molecule is COc1ccc(CNC(=NCc2ccccc2)NCC(=O)N(C)C)c(OC)c1.I. The van der Waals surface area contributed by atoms with Crippen molar-refractivity contribution in [2.24, 2.45) is 4.99 Å². The van der Waals surface area contributed by atoms with Crippen molar-refractivity contribution in [1.29, 1.82) is 0 Å². The summed E-state index contributed by atoms with van der Waals surface area (Å²) in [5, 5.41) is 6.34. The van der Waals surface area contributed by atoms with E-state index in [-0.39, 0.29) is 36.4 Å². The van der Waals surface area contributed by atoms with Crippen LogP contribution in [0.25, 0.3) is 0 Å². The van der Waals surface area contributed by atoms with E-state index in [0.29, 0.717) is 19.0 Å². The van der Waals surface area contributed by atoms with E-state index in [2.05, 4.69) is 15.6 Å². The van der Waals surface area contributed by atoms with Gasteiger partial charge >= 0.3 is 0 Å². The molecule has 0 unspecified atom stereocenters. The van der Waals surface area contributed by atoms with E-state index in [1.807, 2.05) is 48.5 Å². The van der Waals surface area contributed by atoms with Crippen LogP contribution in [0, 0.1) is 0 Å². The van der Waals surface area contributed by atoms with Gasteiger partial charge in [0.2, 0.25) is 5.91 Å². The number of nitrogens with zero attached hydrogens (tertiary/aromatic N) is 2. The summed E-state index contributed by atoms with van der Waals surface area (Å²) in [6.45, 7) is 1.16. The number of guanidine groups is 1. The fourth-order valence-electron chi connectivity index (χ4n) is 2.42. The van der Waals surface area contributed by atoms with Gasteiger partial charge in [-0.1, -0.05) is 30.3 Å². The molecule has 0 aliphatic heterocycles. The Morgan fingerprint density at radius 2 is 1.76 bits per heavy atom. The summed E-state index contributed by atoms with van der Waals surface area (Å²) >= 11 is 0. The lowest BCUT2D eigenvalue weighted by Gasteiger charge is -2.16. The minimum absolute atomic E-state index is 0. The van der Waals surface area contributed by atoms with Gasteiger partial charge in [-0.2, -0.15) is 0 Å². The fourth-order valence-corrected chi connectivity index (χ4v) is 2.42. The van der Waals surface area contributed by atoms with Crippen LogP contribution in [0.15, 0.2) is 53.5 Å². The van der Waals surface area contributed by atoms with Crippen LogP contribution in [0.1, 0.15) is 11.1 Å². The molecule has 1 amide bonds. The van der Waals surface area contributed by atoms with Gasteiger partial charge in [-0.05, 0) is 17.7 Å². The smallest absolute Gasteiger partial charge is 0.241 e. The fraction of sp³-hybridized carbons (Fsp3) is 0.333. The highest BCUT2D eigenvalue weighted by atomic mass is 127. The highest BCUT2D eigenvalue weighted by Crippen LogP contribution is 2.24. The van der Waals surface area contributed by atoms with Gasteiger partial charge in [0.25, 0.3) is 0 Å². The van der Waals surface area contributed by atoms with E-state index in [1.165, 1.54) is 4.90 Å². The van der Waals surface area contributed by atoms with Crippen molar-refractivity contribution in [3.63, 3.8) is 0 Å². The van der Waals surface area contributed by atoms with E-state index >= 15 is 0 Å². The summed E-state index contributed by atoms with van der Waals surface area (Å²) in [5.41, 5.74) is 2.04. The van der Waals surface area contributed by atoms with Crippen molar-refractivity contribution >= 4 is 35.8 Å². The molecule has 2 aromatic carbocycles. The Labute approximate surface area is 189 Å². The Morgan fingerprint density at radius 1 is 1.03 bits per heavy atom. The minimum Gasteiger partial charge on any atom is -0.497 e. The van der Waals surface area contributed by atoms with Crippen LogP contribution in [-0.4, -0.2) is 51.6 Å². The van der Waals surface area contributed by atoms with Crippen LogP contribution < -0.4 is 20.1 Å². The summed E-state index contributed by atoms with van der Waals surface area (Å²) in [5.74, 6) is 1.97. The number of nitrogens with one attached hydrogen (secondary N) is 2. The summed E-state index contributed by atoms with van der Waals surface area (Å²) in [6, 6.07) is 15.6. The van der Waals surface area contributed by atoms with Crippen LogP contribution >= 0.6 is 24.0 Å². The van der Waals surface area contributed by atoms with E-state index in [0.717, 1.165) is 22.6 Å². The Balaban J connectivity index is 0.00000420. The van der Waals surface area contributed by atoms with E-state index in [1.54, 1.807) is 28.3 Å². The van der Waals surface area contributed by atoms with Gasteiger partial charge in [0.15, 0.2) is 5.96 Å². The summed E-state index contributed by atoms with van der Waals surface area (Å²) < 4.78 is 10.7. The molecule has 2 rings (SSSR count). The highest BCUT2D eigenvalue weighted by Gasteiger charge is 2.09. The minimum atomic E-state index is -0.0313. The third-order valence-corrected chi connectivity index (χ3v) is 4.11. The number of methoxy groups -OCH3 is 2. The lowest BCUT2D eigenvalue weighted by molar-refractivity contribution is -0.127. The van der Waals surface area contributed by atoms with E-state index in [4.69, 9.17) is 9.47 Å². The van der Waals surface area contributed by atoms with Gasteiger partial charge in [0, 0.05) is 32.3 Å². The molecule has 8 heteroatoms. The predicted octanol–water partition coefficient (Wildman–Crippen LogP) is 2.65. The number of halogens is 1. The largest absolute Gasteiger partial charge is 0.497 e. The predicted molar refractivity (Wildman–Crippen MR) is 126 cm³/mol. The maximum absolute atomic E-state index is 11.9. The van der Waals surface area contributed by atoms with Crippen molar-refractivity contribution < 1.29 is 14.3 Å². The van der Waals surface area contributed by atoms with Gasteiger partial charge in [-0.3, -0.25) is 4.79 Å².